The zero-order chi connectivity index (χ0) is 11.8. The minimum Gasteiger partial charge on any atom is -0.232 e. The molecular weight excluding hydrogens is 302 g/mol. The van der Waals surface area contributed by atoms with Gasteiger partial charge in [0.05, 0.1) is 10.7 Å². The van der Waals surface area contributed by atoms with Crippen LogP contribution in [0.5, 0.6) is 0 Å². The molecule has 0 aliphatic heterocycles. The van der Waals surface area contributed by atoms with Crippen molar-refractivity contribution >= 4 is 33.2 Å². The van der Waals surface area contributed by atoms with Gasteiger partial charge in [-0.15, -0.1) is 0 Å². The van der Waals surface area contributed by atoms with Crippen molar-refractivity contribution in [1.29, 1.82) is 0 Å². The van der Waals surface area contributed by atoms with E-state index in [4.69, 9.17) is 11.6 Å². The first kappa shape index (κ1) is 11.5. The lowest BCUT2D eigenvalue weighted by Gasteiger charge is -2.21. The molecule has 0 aromatic carbocycles. The van der Waals surface area contributed by atoms with E-state index < -0.39 is 0 Å². The van der Waals surface area contributed by atoms with Crippen LogP contribution in [-0.4, -0.2) is 14.6 Å². The van der Waals surface area contributed by atoms with Gasteiger partial charge in [0.15, 0.2) is 5.65 Å². The molecular formula is C12H13BrClN3. The summed E-state index contributed by atoms with van der Waals surface area (Å²) in [5.74, 6) is 0.563. The lowest BCUT2D eigenvalue weighted by Crippen LogP contribution is -2.08. The summed E-state index contributed by atoms with van der Waals surface area (Å²) in [6.07, 6.45) is 8.14. The van der Waals surface area contributed by atoms with Crippen molar-refractivity contribution < 1.29 is 0 Å². The molecule has 2 heterocycles. The van der Waals surface area contributed by atoms with E-state index in [9.17, 15) is 0 Å². The number of hydrogen-bond donors (Lipinski definition) is 0. The number of hydrogen-bond acceptors (Lipinski definition) is 2. The lowest BCUT2D eigenvalue weighted by atomic mass is 9.87. The molecule has 90 valence electrons. The molecule has 3 nitrogen and oxygen atoms in total. The van der Waals surface area contributed by atoms with Crippen LogP contribution in [0, 0.1) is 0 Å². The minimum atomic E-state index is 0.563. The Bertz CT molecular complexity index is 546. The second-order valence-electron chi connectivity index (χ2n) is 4.57. The van der Waals surface area contributed by atoms with Crippen molar-refractivity contribution in [2.75, 3.05) is 0 Å². The highest BCUT2D eigenvalue weighted by atomic mass is 79.9. The summed E-state index contributed by atoms with van der Waals surface area (Å²) in [4.78, 5) is 4.69. The molecule has 2 aromatic heterocycles. The molecule has 0 N–H and O–H groups in total. The monoisotopic (exact) mass is 313 g/mol. The normalized spacial score (nSPS) is 17.8. The number of halogens is 2. The van der Waals surface area contributed by atoms with Crippen LogP contribution >= 0.6 is 27.5 Å². The van der Waals surface area contributed by atoms with E-state index >= 15 is 0 Å². The van der Waals surface area contributed by atoms with E-state index in [1.807, 2.05) is 6.07 Å². The maximum Gasteiger partial charge on any atom is 0.171 e. The Morgan fingerprint density at radius 3 is 2.82 bits per heavy atom. The van der Waals surface area contributed by atoms with E-state index in [1.54, 1.807) is 10.7 Å². The van der Waals surface area contributed by atoms with Gasteiger partial charge in [-0.05, 0) is 34.8 Å². The van der Waals surface area contributed by atoms with E-state index in [1.165, 1.54) is 32.1 Å². The summed E-state index contributed by atoms with van der Waals surface area (Å²) in [5.41, 5.74) is 1.93. The largest absolute Gasteiger partial charge is 0.232 e. The first-order valence-electron chi connectivity index (χ1n) is 5.95. The molecule has 1 aliphatic carbocycles. The Morgan fingerprint density at radius 2 is 2.06 bits per heavy atom. The molecule has 2 aromatic rings. The Morgan fingerprint density at radius 1 is 1.29 bits per heavy atom. The standard InChI is InChI=1S/C12H13BrClN3/c13-9-7-15-17-11(14)6-10(16-12(9)17)8-4-2-1-3-5-8/h6-8H,1-5H2. The van der Waals surface area contributed by atoms with Gasteiger partial charge in [-0.2, -0.15) is 5.10 Å². The molecule has 0 bridgehead atoms. The minimum absolute atomic E-state index is 0.563. The SMILES string of the molecule is Clc1cc(C2CCCCC2)nc2c(Br)cnn12. The molecule has 5 heteroatoms. The smallest absolute Gasteiger partial charge is 0.171 e. The number of fused-ring (bicyclic) bond motifs is 1. The van der Waals surface area contributed by atoms with Crippen molar-refractivity contribution in [3.8, 4) is 0 Å². The Hall–Kier alpha value is -0.610. The van der Waals surface area contributed by atoms with Crippen molar-refractivity contribution in [1.82, 2.24) is 14.6 Å². The first-order chi connectivity index (χ1) is 8.25. The maximum atomic E-state index is 6.23. The lowest BCUT2D eigenvalue weighted by molar-refractivity contribution is 0.436. The Labute approximate surface area is 113 Å². The van der Waals surface area contributed by atoms with Crippen LogP contribution in [0.3, 0.4) is 0 Å². The average Bonchev–Trinajstić information content (AvgIpc) is 2.73. The van der Waals surface area contributed by atoms with Gasteiger partial charge >= 0.3 is 0 Å². The highest BCUT2D eigenvalue weighted by Crippen LogP contribution is 2.33. The molecule has 0 unspecified atom stereocenters. The van der Waals surface area contributed by atoms with Crippen molar-refractivity contribution in [2.24, 2.45) is 0 Å². The average molecular weight is 315 g/mol. The first-order valence-corrected chi connectivity index (χ1v) is 7.12. The van der Waals surface area contributed by atoms with Gasteiger partial charge in [-0.3, -0.25) is 0 Å². The number of aromatic nitrogens is 3. The van der Waals surface area contributed by atoms with E-state index in [0.29, 0.717) is 11.1 Å². The van der Waals surface area contributed by atoms with Gasteiger partial charge in [-0.25, -0.2) is 9.50 Å². The highest BCUT2D eigenvalue weighted by Gasteiger charge is 2.19. The van der Waals surface area contributed by atoms with Gasteiger partial charge in [0.25, 0.3) is 0 Å². The van der Waals surface area contributed by atoms with E-state index in [-0.39, 0.29) is 0 Å². The topological polar surface area (TPSA) is 30.2 Å². The molecule has 0 spiro atoms. The van der Waals surface area contributed by atoms with Gasteiger partial charge in [0, 0.05) is 11.6 Å². The molecule has 1 aliphatic rings. The predicted octanol–water partition coefficient (Wildman–Crippen LogP) is 4.19. The fraction of sp³-hybridized carbons (Fsp3) is 0.500. The van der Waals surface area contributed by atoms with E-state index in [2.05, 4.69) is 26.0 Å². The van der Waals surface area contributed by atoms with E-state index in [0.717, 1.165) is 15.8 Å². The van der Waals surface area contributed by atoms with Crippen molar-refractivity contribution in [3.05, 3.63) is 27.6 Å². The van der Waals surface area contributed by atoms with Crippen LogP contribution < -0.4 is 0 Å². The van der Waals surface area contributed by atoms with Gasteiger partial charge in [0.1, 0.15) is 5.15 Å². The molecule has 3 rings (SSSR count). The summed E-state index contributed by atoms with van der Waals surface area (Å²) in [6, 6.07) is 1.96. The molecule has 0 amide bonds. The summed E-state index contributed by atoms with van der Waals surface area (Å²) in [6.45, 7) is 0. The maximum absolute atomic E-state index is 6.23. The molecule has 1 fully saturated rings. The van der Waals surface area contributed by atoms with Crippen LogP contribution in [0.15, 0.2) is 16.7 Å². The molecule has 0 saturated heterocycles. The van der Waals surface area contributed by atoms with Gasteiger partial charge in [-0.1, -0.05) is 30.9 Å². The van der Waals surface area contributed by atoms with Crippen molar-refractivity contribution in [2.45, 2.75) is 38.0 Å². The number of rotatable bonds is 1. The summed E-state index contributed by atoms with van der Waals surface area (Å²) in [5, 5.41) is 4.82. The van der Waals surface area contributed by atoms with Crippen LogP contribution in [0.1, 0.15) is 43.7 Å². The second-order valence-corrected chi connectivity index (χ2v) is 5.81. The Kier molecular flexibility index (Phi) is 3.09. The fourth-order valence-electron chi connectivity index (χ4n) is 2.52. The van der Waals surface area contributed by atoms with Gasteiger partial charge in [0.2, 0.25) is 0 Å². The second kappa shape index (κ2) is 4.58. The Balaban J connectivity index is 2.07. The third-order valence-corrected chi connectivity index (χ3v) is 4.26. The fourth-order valence-corrected chi connectivity index (χ4v) is 3.11. The molecule has 0 radical (unpaired) electrons. The summed E-state index contributed by atoms with van der Waals surface area (Å²) >= 11 is 9.69. The third-order valence-electron chi connectivity index (χ3n) is 3.43. The van der Waals surface area contributed by atoms with Gasteiger partial charge < -0.3 is 0 Å². The van der Waals surface area contributed by atoms with Crippen LogP contribution in [-0.2, 0) is 0 Å². The highest BCUT2D eigenvalue weighted by molar-refractivity contribution is 9.10. The van der Waals surface area contributed by atoms with Crippen LogP contribution in [0.4, 0.5) is 0 Å². The van der Waals surface area contributed by atoms with Crippen LogP contribution in [0.2, 0.25) is 5.15 Å². The zero-order valence-corrected chi connectivity index (χ0v) is 11.7. The quantitative estimate of drug-likeness (QED) is 0.739. The number of nitrogens with zero attached hydrogens (tertiary/aromatic N) is 3. The molecule has 1 saturated carbocycles. The summed E-state index contributed by atoms with van der Waals surface area (Å²) < 4.78 is 2.56. The molecule has 0 atom stereocenters. The third kappa shape index (κ3) is 2.08. The zero-order valence-electron chi connectivity index (χ0n) is 9.37. The molecule has 17 heavy (non-hydrogen) atoms. The summed E-state index contributed by atoms with van der Waals surface area (Å²) in [7, 11) is 0. The van der Waals surface area contributed by atoms with Crippen molar-refractivity contribution in [3.63, 3.8) is 0 Å². The van der Waals surface area contributed by atoms with Crippen LogP contribution in [0.25, 0.3) is 5.65 Å². The predicted molar refractivity (Wildman–Crippen MR) is 71.5 cm³/mol.